The van der Waals surface area contributed by atoms with Gasteiger partial charge in [0.2, 0.25) is 5.75 Å². The Morgan fingerprint density at radius 2 is 2.06 bits per heavy atom. The molecule has 0 atom stereocenters. The van der Waals surface area contributed by atoms with Crippen molar-refractivity contribution in [1.29, 1.82) is 0 Å². The van der Waals surface area contributed by atoms with Crippen molar-refractivity contribution >= 4 is 10.9 Å². The fourth-order valence-electron chi connectivity index (χ4n) is 1.77. The van der Waals surface area contributed by atoms with Crippen LogP contribution in [0.2, 0.25) is 0 Å². The Kier molecular flexibility index (Phi) is 2.02. The molecule has 0 saturated carbocycles. The number of ether oxygens (including phenoxy) is 3. The molecule has 0 bridgehead atoms. The molecule has 5 heteroatoms. The third-order valence-corrected chi connectivity index (χ3v) is 2.47. The van der Waals surface area contributed by atoms with Crippen molar-refractivity contribution in [2.24, 2.45) is 0 Å². The average molecular weight is 218 g/mol. The fourth-order valence-corrected chi connectivity index (χ4v) is 1.77. The van der Waals surface area contributed by atoms with E-state index in [1.165, 1.54) is 6.33 Å². The van der Waals surface area contributed by atoms with E-state index in [1.807, 2.05) is 6.07 Å². The smallest absolute Gasteiger partial charge is 0.206 e. The number of rotatable bonds is 1. The molecule has 0 unspecified atom stereocenters. The second-order valence-corrected chi connectivity index (χ2v) is 3.39. The van der Waals surface area contributed by atoms with E-state index in [2.05, 4.69) is 9.97 Å². The lowest BCUT2D eigenvalue weighted by Gasteiger charge is -2.21. The molecule has 1 aliphatic rings. The number of methoxy groups -OCH3 is 1. The summed E-state index contributed by atoms with van der Waals surface area (Å²) in [5, 5.41) is 0.878. The number of nitrogens with zero attached hydrogens (tertiary/aromatic N) is 2. The zero-order valence-corrected chi connectivity index (χ0v) is 8.77. The summed E-state index contributed by atoms with van der Waals surface area (Å²) in [6.07, 6.45) is 3.22. The first-order valence-electron chi connectivity index (χ1n) is 4.96. The van der Waals surface area contributed by atoms with Crippen LogP contribution in [0.5, 0.6) is 17.2 Å². The molecule has 2 aromatic rings. The highest BCUT2D eigenvalue weighted by Crippen LogP contribution is 2.43. The van der Waals surface area contributed by atoms with E-state index in [-0.39, 0.29) is 0 Å². The van der Waals surface area contributed by atoms with Crippen LogP contribution in [0, 0.1) is 0 Å². The largest absolute Gasteiger partial charge is 0.493 e. The van der Waals surface area contributed by atoms with Crippen LogP contribution in [0.25, 0.3) is 10.9 Å². The second kappa shape index (κ2) is 3.52. The molecule has 82 valence electrons. The number of benzene rings is 1. The lowest BCUT2D eigenvalue weighted by molar-refractivity contribution is 0.167. The first-order chi connectivity index (χ1) is 7.90. The molecule has 0 fully saturated rings. The molecule has 1 aromatic carbocycles. The number of hydrogen-bond donors (Lipinski definition) is 0. The van der Waals surface area contributed by atoms with Crippen LogP contribution in [0.3, 0.4) is 0 Å². The predicted octanol–water partition coefficient (Wildman–Crippen LogP) is 1.41. The maximum Gasteiger partial charge on any atom is 0.206 e. The van der Waals surface area contributed by atoms with Crippen molar-refractivity contribution in [3.63, 3.8) is 0 Å². The van der Waals surface area contributed by atoms with Crippen molar-refractivity contribution in [2.45, 2.75) is 0 Å². The summed E-state index contributed by atoms with van der Waals surface area (Å²) in [6, 6.07) is 1.85. The number of fused-ring (bicyclic) bond motifs is 3. The Morgan fingerprint density at radius 1 is 1.25 bits per heavy atom. The molecule has 0 amide bonds. The van der Waals surface area contributed by atoms with Crippen LogP contribution in [0.15, 0.2) is 18.6 Å². The van der Waals surface area contributed by atoms with E-state index in [1.54, 1.807) is 13.3 Å². The molecule has 0 saturated heterocycles. The standard InChI is InChI=1S/C11H10N2O3/c1-14-8-4-7-5-12-6-13-9(7)11-10(8)15-2-3-16-11/h4-6H,2-3H2,1H3. The minimum atomic E-state index is 0.527. The molecule has 0 N–H and O–H groups in total. The van der Waals surface area contributed by atoms with Crippen LogP contribution in [-0.2, 0) is 0 Å². The Balaban J connectivity index is 2.35. The first kappa shape index (κ1) is 9.21. The van der Waals surface area contributed by atoms with Gasteiger partial charge in [-0.05, 0) is 6.07 Å². The van der Waals surface area contributed by atoms with Crippen LogP contribution >= 0.6 is 0 Å². The molecule has 2 heterocycles. The Bertz CT molecular complexity index is 542. The van der Waals surface area contributed by atoms with Crippen molar-refractivity contribution in [2.75, 3.05) is 20.3 Å². The van der Waals surface area contributed by atoms with Gasteiger partial charge in [0.15, 0.2) is 11.5 Å². The van der Waals surface area contributed by atoms with E-state index in [9.17, 15) is 0 Å². The molecule has 3 rings (SSSR count). The maximum atomic E-state index is 5.58. The highest BCUT2D eigenvalue weighted by atomic mass is 16.6. The van der Waals surface area contributed by atoms with Crippen LogP contribution < -0.4 is 14.2 Å². The molecule has 0 aliphatic carbocycles. The van der Waals surface area contributed by atoms with Gasteiger partial charge < -0.3 is 14.2 Å². The third-order valence-electron chi connectivity index (χ3n) is 2.47. The summed E-state index contributed by atoms with van der Waals surface area (Å²) < 4.78 is 16.4. The maximum absolute atomic E-state index is 5.58. The lowest BCUT2D eigenvalue weighted by Crippen LogP contribution is -2.16. The topological polar surface area (TPSA) is 53.5 Å². The quantitative estimate of drug-likeness (QED) is 0.724. The van der Waals surface area contributed by atoms with Gasteiger partial charge in [-0.1, -0.05) is 0 Å². The predicted molar refractivity (Wildman–Crippen MR) is 57.1 cm³/mol. The van der Waals surface area contributed by atoms with Crippen molar-refractivity contribution in [1.82, 2.24) is 9.97 Å². The summed E-state index contributed by atoms with van der Waals surface area (Å²) in [6.45, 7) is 1.05. The summed E-state index contributed by atoms with van der Waals surface area (Å²) in [5.41, 5.74) is 0.755. The normalized spacial score (nSPS) is 13.8. The van der Waals surface area contributed by atoms with Crippen LogP contribution in [0.1, 0.15) is 0 Å². The van der Waals surface area contributed by atoms with Crippen molar-refractivity contribution in [3.8, 4) is 17.2 Å². The van der Waals surface area contributed by atoms with Gasteiger partial charge in [-0.25, -0.2) is 9.97 Å². The summed E-state index contributed by atoms with van der Waals surface area (Å²) >= 11 is 0. The summed E-state index contributed by atoms with van der Waals surface area (Å²) in [4.78, 5) is 8.17. The van der Waals surface area contributed by atoms with Gasteiger partial charge in [0, 0.05) is 11.6 Å². The summed E-state index contributed by atoms with van der Waals surface area (Å²) in [7, 11) is 1.60. The highest BCUT2D eigenvalue weighted by Gasteiger charge is 2.21. The highest BCUT2D eigenvalue weighted by molar-refractivity contribution is 5.89. The Hall–Kier alpha value is -2.04. The van der Waals surface area contributed by atoms with Crippen molar-refractivity contribution in [3.05, 3.63) is 18.6 Å². The first-order valence-corrected chi connectivity index (χ1v) is 4.96. The Labute approximate surface area is 92.0 Å². The van der Waals surface area contributed by atoms with Gasteiger partial charge >= 0.3 is 0 Å². The van der Waals surface area contributed by atoms with Gasteiger partial charge in [-0.2, -0.15) is 0 Å². The van der Waals surface area contributed by atoms with E-state index >= 15 is 0 Å². The molecular weight excluding hydrogens is 208 g/mol. The molecule has 0 radical (unpaired) electrons. The van der Waals surface area contributed by atoms with E-state index in [0.717, 1.165) is 10.9 Å². The average Bonchev–Trinajstić information content (AvgIpc) is 2.38. The van der Waals surface area contributed by atoms with Crippen LogP contribution in [0.4, 0.5) is 0 Å². The minimum absolute atomic E-state index is 0.527. The van der Waals surface area contributed by atoms with Gasteiger partial charge in [0.1, 0.15) is 25.1 Å². The molecule has 5 nitrogen and oxygen atoms in total. The number of hydrogen-bond acceptors (Lipinski definition) is 5. The van der Waals surface area contributed by atoms with E-state index in [0.29, 0.717) is 30.5 Å². The Morgan fingerprint density at radius 3 is 2.88 bits per heavy atom. The molecule has 1 aliphatic heterocycles. The van der Waals surface area contributed by atoms with Gasteiger partial charge in [0.25, 0.3) is 0 Å². The van der Waals surface area contributed by atoms with Gasteiger partial charge in [0.05, 0.1) is 7.11 Å². The molecule has 1 aromatic heterocycles. The monoisotopic (exact) mass is 218 g/mol. The third kappa shape index (κ3) is 1.25. The van der Waals surface area contributed by atoms with Gasteiger partial charge in [-0.15, -0.1) is 0 Å². The summed E-state index contributed by atoms with van der Waals surface area (Å²) in [5.74, 6) is 1.92. The SMILES string of the molecule is COc1cc2cncnc2c2c1OCCO2. The second-order valence-electron chi connectivity index (χ2n) is 3.39. The van der Waals surface area contributed by atoms with E-state index < -0.39 is 0 Å². The number of aromatic nitrogens is 2. The zero-order chi connectivity index (χ0) is 11.0. The minimum Gasteiger partial charge on any atom is -0.493 e. The zero-order valence-electron chi connectivity index (χ0n) is 8.77. The molecule has 16 heavy (non-hydrogen) atoms. The molecule has 0 spiro atoms. The lowest BCUT2D eigenvalue weighted by atomic mass is 10.2. The van der Waals surface area contributed by atoms with E-state index in [4.69, 9.17) is 14.2 Å². The van der Waals surface area contributed by atoms with Crippen molar-refractivity contribution < 1.29 is 14.2 Å². The fraction of sp³-hybridized carbons (Fsp3) is 0.273. The molecular formula is C11H10N2O3. The van der Waals surface area contributed by atoms with Gasteiger partial charge in [-0.3, -0.25) is 0 Å². The van der Waals surface area contributed by atoms with Crippen LogP contribution in [-0.4, -0.2) is 30.3 Å².